The van der Waals surface area contributed by atoms with E-state index in [1.807, 2.05) is 0 Å². The molecule has 0 amide bonds. The maximum atomic E-state index is 10.7. The summed E-state index contributed by atoms with van der Waals surface area (Å²) in [6, 6.07) is 4.49. The highest BCUT2D eigenvalue weighted by Gasteiger charge is 2.09. The van der Waals surface area contributed by atoms with Crippen LogP contribution in [-0.4, -0.2) is 16.9 Å². The summed E-state index contributed by atoms with van der Waals surface area (Å²) in [6.45, 7) is 0. The Morgan fingerprint density at radius 3 is 2.50 bits per heavy atom. The van der Waals surface area contributed by atoms with Crippen molar-refractivity contribution in [3.8, 4) is 0 Å². The third kappa shape index (κ3) is 2.71. The molecule has 0 fully saturated rings. The molecule has 4 nitrogen and oxygen atoms in total. The van der Waals surface area contributed by atoms with Crippen LogP contribution in [0, 0.1) is 5.41 Å². The third-order valence-corrected chi connectivity index (χ3v) is 2.20. The molecule has 0 unspecified atom stereocenters. The maximum Gasteiger partial charge on any atom is 0.336 e. The molecule has 1 aromatic carbocycles. The van der Waals surface area contributed by atoms with E-state index < -0.39 is 5.97 Å². The largest absolute Gasteiger partial charge is 0.478 e. The van der Waals surface area contributed by atoms with E-state index in [0.29, 0.717) is 10.0 Å². The van der Waals surface area contributed by atoms with Crippen LogP contribution in [0.2, 0.25) is 0 Å². The van der Waals surface area contributed by atoms with Gasteiger partial charge in [-0.1, -0.05) is 6.07 Å². The minimum Gasteiger partial charge on any atom is -0.478 e. The molecule has 1 aromatic rings. The van der Waals surface area contributed by atoms with Crippen LogP contribution in [0.4, 0.5) is 0 Å². The number of amidine groups is 1. The minimum atomic E-state index is -1.05. The molecule has 14 heavy (non-hydrogen) atoms. The summed E-state index contributed by atoms with van der Waals surface area (Å²) in [5.74, 6) is -1.19. The number of rotatable bonds is 2. The smallest absolute Gasteiger partial charge is 0.336 e. The molecule has 0 radical (unpaired) electrons. The van der Waals surface area contributed by atoms with E-state index in [4.69, 9.17) is 16.2 Å². The second-order valence-corrected chi connectivity index (χ2v) is 3.27. The van der Waals surface area contributed by atoms with Gasteiger partial charge in [-0.2, -0.15) is 0 Å². The fourth-order valence-corrected chi connectivity index (χ4v) is 1.27. The zero-order valence-electron chi connectivity index (χ0n) is 6.95. The van der Waals surface area contributed by atoms with Crippen LogP contribution >= 0.6 is 28.3 Å². The summed E-state index contributed by atoms with van der Waals surface area (Å²) in [4.78, 5) is 10.7. The Bertz CT molecular complexity index is 382. The van der Waals surface area contributed by atoms with Crippen molar-refractivity contribution in [3.05, 3.63) is 33.8 Å². The molecule has 0 aliphatic rings. The second-order valence-electron chi connectivity index (χ2n) is 2.41. The number of benzene rings is 1. The summed E-state index contributed by atoms with van der Waals surface area (Å²) < 4.78 is 0.477. The van der Waals surface area contributed by atoms with Crippen molar-refractivity contribution in [1.29, 1.82) is 5.41 Å². The Labute approximate surface area is 95.2 Å². The molecule has 0 bridgehead atoms. The summed E-state index contributed by atoms with van der Waals surface area (Å²) in [7, 11) is 0. The molecule has 0 heterocycles. The SMILES string of the molecule is Cl.N=C(N)c1ccc(Br)c(C(=O)O)c1. The van der Waals surface area contributed by atoms with E-state index in [2.05, 4.69) is 15.9 Å². The van der Waals surface area contributed by atoms with Crippen molar-refractivity contribution in [3.63, 3.8) is 0 Å². The molecule has 0 aromatic heterocycles. The number of nitrogens with two attached hydrogens (primary N) is 1. The number of halogens is 2. The van der Waals surface area contributed by atoms with Crippen LogP contribution in [-0.2, 0) is 0 Å². The number of hydrogen-bond acceptors (Lipinski definition) is 2. The lowest BCUT2D eigenvalue weighted by atomic mass is 10.1. The average molecular weight is 280 g/mol. The van der Waals surface area contributed by atoms with Crippen LogP contribution < -0.4 is 5.73 Å². The molecule has 6 heteroatoms. The van der Waals surface area contributed by atoms with Crippen molar-refractivity contribution < 1.29 is 9.90 Å². The number of carboxylic acids is 1. The first-order chi connectivity index (χ1) is 6.02. The van der Waals surface area contributed by atoms with Crippen LogP contribution in [0.3, 0.4) is 0 Å². The Morgan fingerprint density at radius 1 is 1.50 bits per heavy atom. The average Bonchev–Trinajstić information content (AvgIpc) is 2.04. The van der Waals surface area contributed by atoms with Gasteiger partial charge in [0.25, 0.3) is 0 Å². The van der Waals surface area contributed by atoms with Gasteiger partial charge in [-0.05, 0) is 28.1 Å². The number of carbonyl (C=O) groups is 1. The number of nitrogen functional groups attached to an aromatic ring is 1. The van der Waals surface area contributed by atoms with E-state index in [0.717, 1.165) is 0 Å². The zero-order chi connectivity index (χ0) is 10.0. The van der Waals surface area contributed by atoms with E-state index in [-0.39, 0.29) is 23.8 Å². The first kappa shape index (κ1) is 12.9. The summed E-state index contributed by atoms with van der Waals surface area (Å²) in [5, 5.41) is 15.8. The van der Waals surface area contributed by atoms with Crippen molar-refractivity contribution >= 4 is 40.1 Å². The van der Waals surface area contributed by atoms with Crippen molar-refractivity contribution in [2.45, 2.75) is 0 Å². The van der Waals surface area contributed by atoms with Gasteiger partial charge in [0.2, 0.25) is 0 Å². The molecule has 0 aliphatic carbocycles. The van der Waals surface area contributed by atoms with Gasteiger partial charge in [-0.25, -0.2) is 4.79 Å². The molecule has 0 aliphatic heterocycles. The monoisotopic (exact) mass is 278 g/mol. The van der Waals surface area contributed by atoms with Gasteiger partial charge < -0.3 is 10.8 Å². The summed E-state index contributed by atoms with van der Waals surface area (Å²) in [6.07, 6.45) is 0. The van der Waals surface area contributed by atoms with Crippen molar-refractivity contribution in [2.24, 2.45) is 5.73 Å². The lowest BCUT2D eigenvalue weighted by Crippen LogP contribution is -2.12. The molecular formula is C8H8BrClN2O2. The number of nitrogens with one attached hydrogen (secondary N) is 1. The van der Waals surface area contributed by atoms with Gasteiger partial charge in [0.15, 0.2) is 0 Å². The van der Waals surface area contributed by atoms with E-state index >= 15 is 0 Å². The number of carboxylic acid groups (broad SMARTS) is 1. The zero-order valence-corrected chi connectivity index (χ0v) is 9.35. The molecule has 0 saturated heterocycles. The van der Waals surface area contributed by atoms with Gasteiger partial charge in [-0.3, -0.25) is 5.41 Å². The highest BCUT2D eigenvalue weighted by Crippen LogP contribution is 2.17. The fraction of sp³-hybridized carbons (Fsp3) is 0. The lowest BCUT2D eigenvalue weighted by molar-refractivity contribution is 0.0696. The lowest BCUT2D eigenvalue weighted by Gasteiger charge is -2.02. The summed E-state index contributed by atoms with van der Waals surface area (Å²) in [5.41, 5.74) is 5.72. The molecule has 0 saturated carbocycles. The first-order valence-corrected chi connectivity index (χ1v) is 4.19. The molecule has 76 valence electrons. The first-order valence-electron chi connectivity index (χ1n) is 3.39. The molecule has 4 N–H and O–H groups in total. The van der Waals surface area contributed by atoms with E-state index in [1.54, 1.807) is 12.1 Å². The van der Waals surface area contributed by atoms with E-state index in [1.165, 1.54) is 6.07 Å². The van der Waals surface area contributed by atoms with Crippen LogP contribution in [0.25, 0.3) is 0 Å². The molecule has 1 rings (SSSR count). The van der Waals surface area contributed by atoms with Gasteiger partial charge in [-0.15, -0.1) is 12.4 Å². The van der Waals surface area contributed by atoms with Crippen LogP contribution in [0.15, 0.2) is 22.7 Å². The van der Waals surface area contributed by atoms with Crippen LogP contribution in [0.1, 0.15) is 15.9 Å². The van der Waals surface area contributed by atoms with Crippen LogP contribution in [0.5, 0.6) is 0 Å². The van der Waals surface area contributed by atoms with Gasteiger partial charge in [0, 0.05) is 10.0 Å². The molecular weight excluding hydrogens is 271 g/mol. The van der Waals surface area contributed by atoms with E-state index in [9.17, 15) is 4.79 Å². The Kier molecular flexibility index (Phi) is 4.59. The Hall–Kier alpha value is -1.07. The second kappa shape index (κ2) is 4.97. The normalized spacial score (nSPS) is 8.93. The van der Waals surface area contributed by atoms with Gasteiger partial charge in [0.05, 0.1) is 5.56 Å². The topological polar surface area (TPSA) is 87.2 Å². The maximum absolute atomic E-state index is 10.7. The third-order valence-electron chi connectivity index (χ3n) is 1.51. The quantitative estimate of drug-likeness (QED) is 0.570. The molecule has 0 atom stereocenters. The number of hydrogen-bond donors (Lipinski definition) is 3. The fourth-order valence-electron chi connectivity index (χ4n) is 0.857. The standard InChI is InChI=1S/C8H7BrN2O2.ClH/c9-6-2-1-4(7(10)11)3-5(6)8(12)13;/h1-3H,(H3,10,11)(H,12,13);1H. The summed E-state index contributed by atoms with van der Waals surface area (Å²) >= 11 is 3.09. The highest BCUT2D eigenvalue weighted by molar-refractivity contribution is 9.10. The predicted octanol–water partition coefficient (Wildman–Crippen LogP) is 1.85. The van der Waals surface area contributed by atoms with Gasteiger partial charge >= 0.3 is 5.97 Å². The minimum absolute atomic E-state index is 0. The molecule has 0 spiro atoms. The highest BCUT2D eigenvalue weighted by atomic mass is 79.9. The Balaban J connectivity index is 0.00000169. The predicted molar refractivity (Wildman–Crippen MR) is 59.4 cm³/mol. The Morgan fingerprint density at radius 2 is 2.07 bits per heavy atom. The van der Waals surface area contributed by atoms with Gasteiger partial charge in [0.1, 0.15) is 5.84 Å². The number of aromatic carboxylic acids is 1. The van der Waals surface area contributed by atoms with Crippen molar-refractivity contribution in [1.82, 2.24) is 0 Å². The van der Waals surface area contributed by atoms with Crippen molar-refractivity contribution in [2.75, 3.05) is 0 Å².